The molecule has 0 fully saturated rings. The fraction of sp³-hybridized carbons (Fsp3) is 0. The van der Waals surface area contributed by atoms with Gasteiger partial charge in [0.05, 0.1) is 16.7 Å². The van der Waals surface area contributed by atoms with Crippen molar-refractivity contribution in [3.63, 3.8) is 0 Å². The number of fused-ring (bicyclic) bond motifs is 11. The third-order valence-electron chi connectivity index (χ3n) is 10.5. The van der Waals surface area contributed by atoms with Gasteiger partial charge in [-0.1, -0.05) is 121 Å². The maximum absolute atomic E-state index is 6.31. The largest absolute Gasteiger partial charge is 0.456 e. The highest BCUT2D eigenvalue weighted by molar-refractivity contribution is 6.24. The van der Waals surface area contributed by atoms with Gasteiger partial charge in [-0.15, -0.1) is 0 Å². The first kappa shape index (κ1) is 28.0. The number of para-hydroxylation sites is 3. The molecule has 3 nitrogen and oxygen atoms in total. The number of aromatic nitrogens is 1. The van der Waals surface area contributed by atoms with Crippen LogP contribution in [-0.2, 0) is 0 Å². The molecule has 2 aromatic heterocycles. The number of furan rings is 1. The average Bonchev–Trinajstić information content (AvgIpc) is 3.73. The van der Waals surface area contributed by atoms with Crippen molar-refractivity contribution in [1.29, 1.82) is 0 Å². The van der Waals surface area contributed by atoms with Crippen molar-refractivity contribution in [3.8, 4) is 5.69 Å². The summed E-state index contributed by atoms with van der Waals surface area (Å²) in [5.74, 6) is 0. The van der Waals surface area contributed by atoms with Crippen molar-refractivity contribution in [3.05, 3.63) is 182 Å². The van der Waals surface area contributed by atoms with Crippen molar-refractivity contribution >= 4 is 93.1 Å². The van der Waals surface area contributed by atoms with Crippen LogP contribution in [0.2, 0.25) is 0 Å². The molecule has 11 rings (SSSR count). The molecular weight excluding hydrogens is 621 g/mol. The summed E-state index contributed by atoms with van der Waals surface area (Å²) >= 11 is 0. The zero-order valence-corrected chi connectivity index (χ0v) is 27.6. The molecule has 2 heterocycles. The summed E-state index contributed by atoms with van der Waals surface area (Å²) in [6.07, 6.45) is 0. The standard InChI is InChI=1S/C48H30N2O/c1-2-13-34(14-3-1)50-42-18-8-6-16-38(42)39-27-25-36(30-44(39)50)49(35-26-28-46-41(29-35)40-17-7-9-20-45(40)51-46)43-19-10-12-32-23-24-33-22-21-31-11-4-5-15-37(31)47(33)48(32)43/h1-30H. The second kappa shape index (κ2) is 10.8. The van der Waals surface area contributed by atoms with E-state index in [1.807, 2.05) is 12.1 Å². The predicted molar refractivity (Wildman–Crippen MR) is 215 cm³/mol. The summed E-state index contributed by atoms with van der Waals surface area (Å²) in [6.45, 7) is 0. The molecule has 11 aromatic rings. The quantitative estimate of drug-likeness (QED) is 0.177. The van der Waals surface area contributed by atoms with Crippen LogP contribution >= 0.6 is 0 Å². The fourth-order valence-corrected chi connectivity index (χ4v) is 8.27. The van der Waals surface area contributed by atoms with Crippen molar-refractivity contribution in [2.75, 3.05) is 4.90 Å². The number of rotatable bonds is 4. The molecule has 0 saturated carbocycles. The first-order valence-electron chi connectivity index (χ1n) is 17.4. The summed E-state index contributed by atoms with van der Waals surface area (Å²) in [6, 6.07) is 65.7. The lowest BCUT2D eigenvalue weighted by Gasteiger charge is -2.28. The van der Waals surface area contributed by atoms with Crippen molar-refractivity contribution in [2.24, 2.45) is 0 Å². The zero-order valence-electron chi connectivity index (χ0n) is 27.6. The Morgan fingerprint density at radius 1 is 0.373 bits per heavy atom. The summed E-state index contributed by atoms with van der Waals surface area (Å²) in [5, 5.41) is 12.1. The first-order valence-corrected chi connectivity index (χ1v) is 17.4. The van der Waals surface area contributed by atoms with Gasteiger partial charge < -0.3 is 13.9 Å². The minimum atomic E-state index is 0.883. The van der Waals surface area contributed by atoms with E-state index >= 15 is 0 Å². The van der Waals surface area contributed by atoms with Gasteiger partial charge in [-0.3, -0.25) is 0 Å². The summed E-state index contributed by atoms with van der Waals surface area (Å²) in [7, 11) is 0. The Morgan fingerprint density at radius 2 is 1.00 bits per heavy atom. The molecule has 238 valence electrons. The molecule has 0 saturated heterocycles. The van der Waals surface area contributed by atoms with E-state index in [1.54, 1.807) is 0 Å². The lowest BCUT2D eigenvalue weighted by atomic mass is 9.94. The first-order chi connectivity index (χ1) is 25.3. The second-order valence-electron chi connectivity index (χ2n) is 13.3. The van der Waals surface area contributed by atoms with E-state index in [2.05, 4.69) is 179 Å². The van der Waals surface area contributed by atoms with E-state index in [0.717, 1.165) is 50.2 Å². The molecule has 0 aliphatic heterocycles. The Balaban J connectivity index is 1.27. The number of hydrogen-bond donors (Lipinski definition) is 0. The van der Waals surface area contributed by atoms with Crippen LogP contribution in [0.4, 0.5) is 17.1 Å². The van der Waals surface area contributed by atoms with Crippen LogP contribution in [0, 0.1) is 0 Å². The van der Waals surface area contributed by atoms with Crippen molar-refractivity contribution in [2.45, 2.75) is 0 Å². The van der Waals surface area contributed by atoms with E-state index in [0.29, 0.717) is 0 Å². The molecule has 0 bridgehead atoms. The molecule has 0 radical (unpaired) electrons. The summed E-state index contributed by atoms with van der Waals surface area (Å²) in [4.78, 5) is 2.44. The van der Waals surface area contributed by atoms with Crippen LogP contribution in [-0.4, -0.2) is 4.57 Å². The third kappa shape index (κ3) is 4.19. The molecule has 0 atom stereocenters. The smallest absolute Gasteiger partial charge is 0.135 e. The molecule has 0 N–H and O–H groups in total. The monoisotopic (exact) mass is 650 g/mol. The zero-order chi connectivity index (χ0) is 33.5. The SMILES string of the molecule is c1ccc(-n2c3ccccc3c3ccc(N(c4ccc5oc6ccccc6c5c4)c4cccc5ccc6ccc7ccccc7c6c45)cc32)cc1. The Kier molecular flexibility index (Phi) is 5.96. The second-order valence-corrected chi connectivity index (χ2v) is 13.3. The Morgan fingerprint density at radius 3 is 1.88 bits per heavy atom. The van der Waals surface area contributed by atoms with Crippen LogP contribution in [0.5, 0.6) is 0 Å². The van der Waals surface area contributed by atoms with Gasteiger partial charge in [-0.05, 0) is 87.6 Å². The minimum absolute atomic E-state index is 0.883. The van der Waals surface area contributed by atoms with E-state index in [9.17, 15) is 0 Å². The van der Waals surface area contributed by atoms with E-state index < -0.39 is 0 Å². The average molecular weight is 651 g/mol. The van der Waals surface area contributed by atoms with Gasteiger partial charge in [0.2, 0.25) is 0 Å². The molecular formula is C48H30N2O. The van der Waals surface area contributed by atoms with Crippen LogP contribution in [0.25, 0.3) is 81.7 Å². The topological polar surface area (TPSA) is 21.3 Å². The van der Waals surface area contributed by atoms with E-state index in [1.165, 1.54) is 48.6 Å². The summed E-state index contributed by atoms with van der Waals surface area (Å²) < 4.78 is 8.70. The Hall–Kier alpha value is -6.84. The van der Waals surface area contributed by atoms with Gasteiger partial charge in [0, 0.05) is 44.0 Å². The minimum Gasteiger partial charge on any atom is -0.456 e. The highest BCUT2D eigenvalue weighted by Gasteiger charge is 2.21. The normalized spacial score (nSPS) is 11.9. The highest BCUT2D eigenvalue weighted by Crippen LogP contribution is 2.46. The molecule has 0 aliphatic rings. The van der Waals surface area contributed by atoms with Gasteiger partial charge in [-0.2, -0.15) is 0 Å². The number of nitrogens with zero attached hydrogens (tertiary/aromatic N) is 2. The predicted octanol–water partition coefficient (Wildman–Crippen LogP) is 13.6. The molecule has 51 heavy (non-hydrogen) atoms. The Labute approximate surface area is 293 Å². The molecule has 9 aromatic carbocycles. The van der Waals surface area contributed by atoms with Gasteiger partial charge in [0.15, 0.2) is 0 Å². The maximum Gasteiger partial charge on any atom is 0.135 e. The van der Waals surface area contributed by atoms with Crippen LogP contribution in [0.1, 0.15) is 0 Å². The van der Waals surface area contributed by atoms with E-state index in [4.69, 9.17) is 4.42 Å². The molecule has 0 spiro atoms. The summed E-state index contributed by atoms with van der Waals surface area (Å²) in [5.41, 5.74) is 8.55. The third-order valence-corrected chi connectivity index (χ3v) is 10.5. The molecule has 3 heteroatoms. The van der Waals surface area contributed by atoms with Gasteiger partial charge in [0.25, 0.3) is 0 Å². The van der Waals surface area contributed by atoms with Crippen molar-refractivity contribution < 1.29 is 4.42 Å². The van der Waals surface area contributed by atoms with Crippen LogP contribution in [0.15, 0.2) is 186 Å². The van der Waals surface area contributed by atoms with Crippen LogP contribution in [0.3, 0.4) is 0 Å². The van der Waals surface area contributed by atoms with Crippen LogP contribution < -0.4 is 4.90 Å². The molecule has 0 unspecified atom stereocenters. The van der Waals surface area contributed by atoms with Crippen molar-refractivity contribution in [1.82, 2.24) is 4.57 Å². The van der Waals surface area contributed by atoms with Gasteiger partial charge >= 0.3 is 0 Å². The molecule has 0 amide bonds. The number of hydrogen-bond acceptors (Lipinski definition) is 2. The number of anilines is 3. The van der Waals surface area contributed by atoms with Gasteiger partial charge in [0.1, 0.15) is 11.2 Å². The lowest BCUT2D eigenvalue weighted by molar-refractivity contribution is 0.669. The Bertz CT molecular complexity index is 3150. The lowest BCUT2D eigenvalue weighted by Crippen LogP contribution is -2.11. The fourth-order valence-electron chi connectivity index (χ4n) is 8.27. The molecule has 0 aliphatic carbocycles. The van der Waals surface area contributed by atoms with E-state index in [-0.39, 0.29) is 0 Å². The highest BCUT2D eigenvalue weighted by atomic mass is 16.3. The maximum atomic E-state index is 6.31. The van der Waals surface area contributed by atoms with Gasteiger partial charge in [-0.25, -0.2) is 0 Å². The number of benzene rings is 9.